The molecule has 3 aromatic carbocycles. The summed E-state index contributed by atoms with van der Waals surface area (Å²) in [5.41, 5.74) is 13.1. The lowest BCUT2D eigenvalue weighted by atomic mass is 9.87. The number of nitrogens with one attached hydrogen (secondary N) is 1. The number of likely N-dealkylation sites (N-methyl/N-ethyl adjacent to an activating group) is 1. The molecule has 0 saturated carbocycles. The topological polar surface area (TPSA) is 106 Å². The van der Waals surface area contributed by atoms with E-state index >= 15 is 0 Å². The van der Waals surface area contributed by atoms with Gasteiger partial charge in [0.15, 0.2) is 5.78 Å². The summed E-state index contributed by atoms with van der Waals surface area (Å²) < 4.78 is 1.82. The third kappa shape index (κ3) is 5.08. The van der Waals surface area contributed by atoms with E-state index in [1.54, 1.807) is 12.1 Å². The van der Waals surface area contributed by atoms with Crippen LogP contribution in [0.2, 0.25) is 0 Å². The van der Waals surface area contributed by atoms with Crippen molar-refractivity contribution in [3.63, 3.8) is 0 Å². The molecule has 8 nitrogen and oxygen atoms in total. The number of rotatable bonds is 4. The Bertz CT molecular complexity index is 2170. The van der Waals surface area contributed by atoms with Crippen molar-refractivity contribution in [2.24, 2.45) is 0 Å². The molecular formula is C38H33N7O. The molecule has 3 aromatic heterocycles. The molecule has 6 aromatic rings. The number of allylic oxidation sites excluding steroid dienone is 2. The zero-order valence-corrected chi connectivity index (χ0v) is 25.7. The monoisotopic (exact) mass is 603 g/mol. The molecule has 0 fully saturated rings. The van der Waals surface area contributed by atoms with Gasteiger partial charge in [-0.15, -0.1) is 0 Å². The van der Waals surface area contributed by atoms with Gasteiger partial charge in [-0.25, -0.2) is 4.52 Å². The Labute approximate surface area is 267 Å². The predicted molar refractivity (Wildman–Crippen MR) is 184 cm³/mol. The van der Waals surface area contributed by atoms with Gasteiger partial charge in [-0.2, -0.15) is 10.4 Å². The fraction of sp³-hybridized carbons (Fsp3) is 0.132. The minimum absolute atomic E-state index is 0.0444. The van der Waals surface area contributed by atoms with Crippen LogP contribution >= 0.6 is 0 Å². The first-order chi connectivity index (χ1) is 22.3. The Morgan fingerprint density at radius 1 is 1.02 bits per heavy atom. The van der Waals surface area contributed by atoms with Gasteiger partial charge in [-0.3, -0.25) is 4.79 Å². The number of nitrogens with two attached hydrogens (primary N) is 1. The number of carbonyl (C=O) groups is 1. The summed E-state index contributed by atoms with van der Waals surface area (Å²) in [7, 11) is 2.04. The third-order valence-electron chi connectivity index (χ3n) is 8.70. The number of carbonyl (C=O) groups excluding carboxylic acids is 1. The van der Waals surface area contributed by atoms with Gasteiger partial charge in [-0.05, 0) is 67.1 Å². The normalized spacial score (nSPS) is 16.9. The minimum Gasteiger partial charge on any atom is -0.385 e. The molecule has 3 N–H and O–H groups in total. The van der Waals surface area contributed by atoms with Crippen LogP contribution in [-0.2, 0) is 6.42 Å². The lowest BCUT2D eigenvalue weighted by molar-refractivity contribution is 0.0907. The molecular weight excluding hydrogens is 570 g/mol. The van der Waals surface area contributed by atoms with Crippen LogP contribution < -0.4 is 10.6 Å². The molecule has 2 aliphatic heterocycles. The van der Waals surface area contributed by atoms with E-state index in [4.69, 9.17) is 5.73 Å². The summed E-state index contributed by atoms with van der Waals surface area (Å²) in [6.45, 7) is 2.88. The number of fused-ring (bicyclic) bond motifs is 3. The van der Waals surface area contributed by atoms with E-state index in [9.17, 15) is 10.1 Å². The second kappa shape index (κ2) is 11.5. The maximum Gasteiger partial charge on any atom is 0.188 e. The number of benzene rings is 3. The van der Waals surface area contributed by atoms with Crippen LogP contribution in [-0.4, -0.2) is 44.4 Å². The third-order valence-corrected chi connectivity index (χ3v) is 8.70. The highest BCUT2D eigenvalue weighted by Gasteiger charge is 2.46. The van der Waals surface area contributed by atoms with Crippen LogP contribution in [0.1, 0.15) is 34.0 Å². The van der Waals surface area contributed by atoms with Gasteiger partial charge in [0.2, 0.25) is 0 Å². The lowest BCUT2D eigenvalue weighted by Gasteiger charge is -2.36. The highest BCUT2D eigenvalue weighted by molar-refractivity contribution is 6.09. The standard InChI is InChI=1S/C30H25N5O.C8H8N2/c1-30(17-23-6-3-4-8-27(23)35(30)25-11-9-21(18-31)10-12-25)29(36)22-13-15-34-28(16-22)26(19-32-34)24-7-5-14-33(2)20-24;9-8-5-6-3-1-2-4-7(6)10-8/h3-13,15-16,19-20H,14,17H2,1-2H3;1-5,10H,9H2. The molecule has 0 spiro atoms. The second-order valence-electron chi connectivity index (χ2n) is 11.9. The van der Waals surface area contributed by atoms with Crippen LogP contribution in [0.25, 0.3) is 22.0 Å². The van der Waals surface area contributed by atoms with E-state index in [0.717, 1.165) is 51.5 Å². The molecule has 226 valence electrons. The van der Waals surface area contributed by atoms with E-state index in [1.807, 2.05) is 97.6 Å². The molecule has 8 rings (SSSR count). The first-order valence-corrected chi connectivity index (χ1v) is 15.2. The molecule has 8 heteroatoms. The van der Waals surface area contributed by atoms with Crippen molar-refractivity contribution in [2.45, 2.75) is 18.9 Å². The SMILES string of the molecule is CN1C=C(c2cnn3ccc(C(=O)C4(C)Cc5ccccc5N4c4ccc(C#N)cc4)cc23)C=CC1.Nc1cc2ccccc2[nH]1. The molecule has 1 atom stereocenters. The van der Waals surface area contributed by atoms with E-state index in [-0.39, 0.29) is 5.78 Å². The number of para-hydroxylation sites is 2. The number of nitriles is 1. The number of aromatic nitrogens is 3. The van der Waals surface area contributed by atoms with Crippen molar-refractivity contribution >= 4 is 45.0 Å². The average Bonchev–Trinajstić information content (AvgIpc) is 3.76. The zero-order chi connectivity index (χ0) is 31.8. The fourth-order valence-electron chi connectivity index (χ4n) is 6.47. The highest BCUT2D eigenvalue weighted by Crippen LogP contribution is 2.45. The fourth-order valence-corrected chi connectivity index (χ4v) is 6.47. The number of H-pyrrole nitrogens is 1. The second-order valence-corrected chi connectivity index (χ2v) is 11.9. The summed E-state index contributed by atoms with van der Waals surface area (Å²) in [5.74, 6) is 0.768. The average molecular weight is 604 g/mol. The quantitative estimate of drug-likeness (QED) is 0.208. The molecule has 0 saturated heterocycles. The number of Topliss-reactive ketones (excluding diaryl/α,β-unsaturated/α-hetero) is 1. The first kappa shape index (κ1) is 28.7. The maximum absolute atomic E-state index is 14.3. The summed E-state index contributed by atoms with van der Waals surface area (Å²) in [6, 6.07) is 31.5. The number of aromatic amines is 1. The van der Waals surface area contributed by atoms with E-state index in [0.29, 0.717) is 17.5 Å². The number of nitrogen functional groups attached to an aromatic ring is 1. The Hall–Kier alpha value is -6.07. The molecule has 46 heavy (non-hydrogen) atoms. The zero-order valence-electron chi connectivity index (χ0n) is 25.7. The van der Waals surface area contributed by atoms with E-state index < -0.39 is 5.54 Å². The van der Waals surface area contributed by atoms with Crippen LogP contribution in [0.5, 0.6) is 0 Å². The van der Waals surface area contributed by atoms with Crippen LogP contribution in [0.3, 0.4) is 0 Å². The van der Waals surface area contributed by atoms with Crippen molar-refractivity contribution in [1.29, 1.82) is 5.26 Å². The largest absolute Gasteiger partial charge is 0.385 e. The molecule has 1 unspecified atom stereocenters. The lowest BCUT2D eigenvalue weighted by Crippen LogP contribution is -2.48. The molecule has 0 aliphatic carbocycles. The molecule has 0 bridgehead atoms. The van der Waals surface area contributed by atoms with Crippen molar-refractivity contribution in [3.05, 3.63) is 144 Å². The number of pyridine rings is 1. The molecule has 2 aliphatic rings. The van der Waals surface area contributed by atoms with Gasteiger partial charge < -0.3 is 20.5 Å². The van der Waals surface area contributed by atoms with Crippen LogP contribution in [0.15, 0.2) is 122 Å². The number of anilines is 3. The molecule has 0 radical (unpaired) electrons. The van der Waals surface area contributed by atoms with Crippen molar-refractivity contribution in [3.8, 4) is 6.07 Å². The molecule has 5 heterocycles. The molecule has 0 amide bonds. The Morgan fingerprint density at radius 3 is 2.59 bits per heavy atom. The highest BCUT2D eigenvalue weighted by atomic mass is 16.1. The smallest absolute Gasteiger partial charge is 0.188 e. The van der Waals surface area contributed by atoms with Crippen molar-refractivity contribution in [2.75, 3.05) is 24.2 Å². The van der Waals surface area contributed by atoms with E-state index in [2.05, 4.69) is 56.4 Å². The van der Waals surface area contributed by atoms with Crippen LogP contribution in [0.4, 0.5) is 17.2 Å². The van der Waals surface area contributed by atoms with Gasteiger partial charge in [-0.1, -0.05) is 48.6 Å². The van der Waals surface area contributed by atoms with Gasteiger partial charge in [0.1, 0.15) is 11.4 Å². The van der Waals surface area contributed by atoms with Gasteiger partial charge in [0.25, 0.3) is 0 Å². The summed E-state index contributed by atoms with van der Waals surface area (Å²) in [4.78, 5) is 21.6. The first-order valence-electron chi connectivity index (χ1n) is 15.2. The van der Waals surface area contributed by atoms with Crippen molar-refractivity contribution in [1.82, 2.24) is 19.5 Å². The van der Waals surface area contributed by atoms with Gasteiger partial charge in [0, 0.05) is 71.4 Å². The summed E-state index contributed by atoms with van der Waals surface area (Å²) in [6.07, 6.45) is 10.6. The number of hydrogen-bond acceptors (Lipinski definition) is 6. The Morgan fingerprint density at radius 2 is 1.80 bits per heavy atom. The Balaban J connectivity index is 0.000000286. The Kier molecular flexibility index (Phi) is 7.14. The minimum atomic E-state index is -0.819. The number of nitrogens with zero attached hydrogens (tertiary/aromatic N) is 5. The van der Waals surface area contributed by atoms with E-state index in [1.165, 1.54) is 5.39 Å². The van der Waals surface area contributed by atoms with Gasteiger partial charge >= 0.3 is 0 Å². The maximum atomic E-state index is 14.3. The number of ketones is 1. The predicted octanol–water partition coefficient (Wildman–Crippen LogP) is 7.13. The van der Waals surface area contributed by atoms with Crippen LogP contribution in [0, 0.1) is 11.3 Å². The number of hydrogen-bond donors (Lipinski definition) is 2. The van der Waals surface area contributed by atoms with Crippen molar-refractivity contribution < 1.29 is 4.79 Å². The summed E-state index contributed by atoms with van der Waals surface area (Å²) >= 11 is 0. The van der Waals surface area contributed by atoms with Gasteiger partial charge in [0.05, 0.1) is 23.3 Å². The summed E-state index contributed by atoms with van der Waals surface area (Å²) in [5, 5.41) is 14.9.